The molecule has 1 aromatic carbocycles. The Bertz CT molecular complexity index is 585. The Morgan fingerprint density at radius 3 is 2.33 bits per heavy atom. The van der Waals surface area contributed by atoms with E-state index in [1.54, 1.807) is 0 Å². The van der Waals surface area contributed by atoms with E-state index in [-0.39, 0.29) is 29.3 Å². The van der Waals surface area contributed by atoms with E-state index in [1.165, 1.54) is 31.3 Å². The number of amides is 1. The summed E-state index contributed by atoms with van der Waals surface area (Å²) in [6, 6.07) is 5.83. The number of halogens is 1. The molecule has 0 saturated heterocycles. The monoisotopic (exact) mass is 333 g/mol. The lowest BCUT2D eigenvalue weighted by atomic mass is 10.1. The molecule has 8 heteroatoms. The Hall–Kier alpha value is -1.15. The van der Waals surface area contributed by atoms with Crippen LogP contribution in [0.4, 0.5) is 0 Å². The summed E-state index contributed by atoms with van der Waals surface area (Å²) >= 11 is 0. The molecule has 6 nitrogen and oxygen atoms in total. The fraction of sp³-hybridized carbons (Fsp3) is 0.462. The zero-order chi connectivity index (χ0) is 14.8. The lowest BCUT2D eigenvalue weighted by Crippen LogP contribution is -2.41. The molecule has 0 aromatic heterocycles. The van der Waals surface area contributed by atoms with Gasteiger partial charge in [-0.1, -0.05) is 0 Å². The summed E-state index contributed by atoms with van der Waals surface area (Å²) in [5.41, 5.74) is 6.07. The number of nitrogens with two attached hydrogens (primary N) is 1. The van der Waals surface area contributed by atoms with Gasteiger partial charge in [0.25, 0.3) is 5.91 Å². The maximum Gasteiger partial charge on any atom is 0.251 e. The highest BCUT2D eigenvalue weighted by molar-refractivity contribution is 7.89. The maximum atomic E-state index is 12.0. The Labute approximate surface area is 130 Å². The SMILES string of the molecule is CNS(=O)(=O)c1ccc(C(=O)NC(CN)C2CC2)cc1.Cl. The second kappa shape index (κ2) is 7.22. The van der Waals surface area contributed by atoms with Gasteiger partial charge in [-0.15, -0.1) is 12.4 Å². The van der Waals surface area contributed by atoms with Crippen molar-refractivity contribution in [1.29, 1.82) is 0 Å². The molecule has 1 atom stereocenters. The van der Waals surface area contributed by atoms with Crippen LogP contribution >= 0.6 is 12.4 Å². The zero-order valence-corrected chi connectivity index (χ0v) is 13.3. The van der Waals surface area contributed by atoms with Gasteiger partial charge in [0.1, 0.15) is 0 Å². The van der Waals surface area contributed by atoms with Crippen LogP contribution in [0.5, 0.6) is 0 Å². The van der Waals surface area contributed by atoms with Crippen molar-refractivity contribution in [2.75, 3.05) is 13.6 Å². The van der Waals surface area contributed by atoms with E-state index in [9.17, 15) is 13.2 Å². The van der Waals surface area contributed by atoms with Gasteiger partial charge in [-0.05, 0) is 50.1 Å². The van der Waals surface area contributed by atoms with Gasteiger partial charge in [0.2, 0.25) is 10.0 Å². The molecule has 1 aromatic rings. The molecule has 0 aliphatic heterocycles. The third-order valence-electron chi connectivity index (χ3n) is 3.46. The van der Waals surface area contributed by atoms with E-state index < -0.39 is 10.0 Å². The number of carbonyl (C=O) groups excluding carboxylic acids is 1. The first-order chi connectivity index (χ1) is 9.47. The van der Waals surface area contributed by atoms with E-state index in [4.69, 9.17) is 5.73 Å². The Morgan fingerprint density at radius 2 is 1.90 bits per heavy atom. The summed E-state index contributed by atoms with van der Waals surface area (Å²) in [6.07, 6.45) is 2.20. The van der Waals surface area contributed by atoms with Crippen LogP contribution in [0.15, 0.2) is 29.2 Å². The van der Waals surface area contributed by atoms with Gasteiger partial charge >= 0.3 is 0 Å². The normalized spacial score (nSPS) is 15.9. The largest absolute Gasteiger partial charge is 0.348 e. The first-order valence-corrected chi connectivity index (χ1v) is 8.01. The molecule has 1 amide bonds. The van der Waals surface area contributed by atoms with Gasteiger partial charge in [-0.2, -0.15) is 0 Å². The Balaban J connectivity index is 0.00000220. The van der Waals surface area contributed by atoms with Crippen molar-refractivity contribution in [3.05, 3.63) is 29.8 Å². The van der Waals surface area contributed by atoms with Crippen LogP contribution in [-0.4, -0.2) is 34.0 Å². The molecule has 1 fully saturated rings. The highest BCUT2D eigenvalue weighted by atomic mass is 35.5. The molecule has 1 saturated carbocycles. The minimum atomic E-state index is -3.47. The molecule has 0 radical (unpaired) electrons. The third kappa shape index (κ3) is 4.41. The quantitative estimate of drug-likeness (QED) is 0.705. The van der Waals surface area contributed by atoms with Crippen LogP contribution in [0.2, 0.25) is 0 Å². The molecule has 118 valence electrons. The van der Waals surface area contributed by atoms with E-state index in [0.29, 0.717) is 18.0 Å². The minimum Gasteiger partial charge on any atom is -0.348 e. The first kappa shape index (κ1) is 17.9. The van der Waals surface area contributed by atoms with E-state index >= 15 is 0 Å². The number of carbonyl (C=O) groups is 1. The molecule has 1 unspecified atom stereocenters. The predicted molar refractivity (Wildman–Crippen MR) is 83.0 cm³/mol. The summed E-state index contributed by atoms with van der Waals surface area (Å²) in [7, 11) is -2.13. The van der Waals surface area contributed by atoms with Crippen molar-refractivity contribution in [3.63, 3.8) is 0 Å². The molecule has 1 aliphatic carbocycles. The van der Waals surface area contributed by atoms with E-state index in [1.807, 2.05) is 0 Å². The fourth-order valence-corrected chi connectivity index (χ4v) is 2.75. The number of hydrogen-bond acceptors (Lipinski definition) is 4. The lowest BCUT2D eigenvalue weighted by molar-refractivity contribution is 0.0933. The molecule has 0 spiro atoms. The number of nitrogens with one attached hydrogen (secondary N) is 2. The van der Waals surface area contributed by atoms with Crippen molar-refractivity contribution < 1.29 is 13.2 Å². The summed E-state index contributed by atoms with van der Waals surface area (Å²) in [5, 5.41) is 2.89. The van der Waals surface area contributed by atoms with Gasteiger partial charge in [0.15, 0.2) is 0 Å². The number of sulfonamides is 1. The smallest absolute Gasteiger partial charge is 0.251 e. The molecular weight excluding hydrogens is 314 g/mol. The zero-order valence-electron chi connectivity index (χ0n) is 11.7. The molecule has 2 rings (SSSR count). The number of rotatable bonds is 6. The molecule has 4 N–H and O–H groups in total. The van der Waals surface area contributed by atoms with E-state index in [2.05, 4.69) is 10.0 Å². The van der Waals surface area contributed by atoms with Gasteiger partial charge in [-0.25, -0.2) is 13.1 Å². The van der Waals surface area contributed by atoms with Crippen molar-refractivity contribution in [1.82, 2.24) is 10.0 Å². The Kier molecular flexibility index (Phi) is 6.15. The van der Waals surface area contributed by atoms with Crippen LogP contribution < -0.4 is 15.8 Å². The van der Waals surface area contributed by atoms with Gasteiger partial charge in [0.05, 0.1) is 4.90 Å². The lowest BCUT2D eigenvalue weighted by Gasteiger charge is -2.16. The average Bonchev–Trinajstić information content (AvgIpc) is 3.29. The summed E-state index contributed by atoms with van der Waals surface area (Å²) in [4.78, 5) is 12.2. The van der Waals surface area contributed by atoms with Crippen molar-refractivity contribution in [2.24, 2.45) is 11.7 Å². The molecule has 1 aliphatic rings. The van der Waals surface area contributed by atoms with Crippen LogP contribution in [0.25, 0.3) is 0 Å². The van der Waals surface area contributed by atoms with Crippen molar-refractivity contribution in [3.8, 4) is 0 Å². The second-order valence-electron chi connectivity index (χ2n) is 4.89. The predicted octanol–water partition coefficient (Wildman–Crippen LogP) is 0.484. The molecule has 0 bridgehead atoms. The van der Waals surface area contributed by atoms with Gasteiger partial charge in [-0.3, -0.25) is 4.79 Å². The maximum absolute atomic E-state index is 12.0. The standard InChI is InChI=1S/C13H19N3O3S.ClH/c1-15-20(18,19)11-6-4-10(5-7-11)13(17)16-12(8-14)9-2-3-9;/h4-7,9,12,15H,2-3,8,14H2,1H3,(H,16,17);1H. The van der Waals surface area contributed by atoms with Gasteiger partial charge in [0, 0.05) is 18.2 Å². The van der Waals surface area contributed by atoms with Crippen LogP contribution in [0.1, 0.15) is 23.2 Å². The molecule has 0 heterocycles. The second-order valence-corrected chi connectivity index (χ2v) is 6.77. The average molecular weight is 334 g/mol. The van der Waals surface area contributed by atoms with Crippen LogP contribution in [0, 0.1) is 5.92 Å². The highest BCUT2D eigenvalue weighted by Crippen LogP contribution is 2.32. The van der Waals surface area contributed by atoms with E-state index in [0.717, 1.165) is 12.8 Å². The minimum absolute atomic E-state index is 0. The van der Waals surface area contributed by atoms with Gasteiger partial charge < -0.3 is 11.1 Å². The topological polar surface area (TPSA) is 101 Å². The first-order valence-electron chi connectivity index (χ1n) is 6.52. The summed E-state index contributed by atoms with van der Waals surface area (Å²) in [5.74, 6) is 0.258. The fourth-order valence-electron chi connectivity index (χ4n) is 2.02. The van der Waals surface area contributed by atoms with Crippen molar-refractivity contribution in [2.45, 2.75) is 23.8 Å². The molecule has 21 heavy (non-hydrogen) atoms. The van der Waals surface area contributed by atoms with Crippen molar-refractivity contribution >= 4 is 28.3 Å². The number of benzene rings is 1. The summed E-state index contributed by atoms with van der Waals surface area (Å²) < 4.78 is 25.4. The Morgan fingerprint density at radius 1 is 1.33 bits per heavy atom. The van der Waals surface area contributed by atoms with Crippen LogP contribution in [-0.2, 0) is 10.0 Å². The summed E-state index contributed by atoms with van der Waals surface area (Å²) in [6.45, 7) is 0.419. The molecular formula is C13H20ClN3O3S. The number of hydrogen-bond donors (Lipinski definition) is 3. The van der Waals surface area contributed by atoms with Crippen LogP contribution in [0.3, 0.4) is 0 Å². The third-order valence-corrected chi connectivity index (χ3v) is 4.89. The highest BCUT2D eigenvalue weighted by Gasteiger charge is 2.31.